The summed E-state index contributed by atoms with van der Waals surface area (Å²) in [7, 11) is 2.03. The second-order valence-electron chi connectivity index (χ2n) is 4.81. The number of rotatable bonds is 4. The zero-order valence-corrected chi connectivity index (χ0v) is 12.1. The first-order valence-electron chi connectivity index (χ1n) is 6.51. The number of amides is 1. The largest absolute Gasteiger partial charge is 0.325 e. The Hall–Kier alpha value is -1.10. The lowest BCUT2D eigenvalue weighted by molar-refractivity contribution is -0.117. The van der Waals surface area contributed by atoms with E-state index in [1.165, 1.54) is 0 Å². The Balaban J connectivity index is 0.00000180. The lowest BCUT2D eigenvalue weighted by Crippen LogP contribution is -2.44. The van der Waals surface area contributed by atoms with Gasteiger partial charge in [0, 0.05) is 11.7 Å². The van der Waals surface area contributed by atoms with E-state index in [1.807, 2.05) is 37.4 Å². The van der Waals surface area contributed by atoms with Crippen molar-refractivity contribution in [2.24, 2.45) is 0 Å². The average Bonchev–Trinajstić information content (AvgIpc) is 2.40. The minimum Gasteiger partial charge on any atom is -0.325 e. The number of nitrogens with zero attached hydrogens (tertiary/aromatic N) is 1. The summed E-state index contributed by atoms with van der Waals surface area (Å²) in [5, 5.41) is 6.25. The Morgan fingerprint density at radius 3 is 2.58 bits per heavy atom. The molecule has 0 aliphatic carbocycles. The van der Waals surface area contributed by atoms with Crippen LogP contribution in [0.15, 0.2) is 30.3 Å². The molecule has 2 rings (SSSR count). The second-order valence-corrected chi connectivity index (χ2v) is 4.81. The van der Waals surface area contributed by atoms with Crippen LogP contribution in [0.3, 0.4) is 0 Å². The third-order valence-electron chi connectivity index (χ3n) is 3.38. The quantitative estimate of drug-likeness (QED) is 0.885. The molecule has 0 atom stereocenters. The highest BCUT2D eigenvalue weighted by Gasteiger charge is 2.19. The number of piperidine rings is 1. The number of hydrogen-bond acceptors (Lipinski definition) is 3. The van der Waals surface area contributed by atoms with E-state index >= 15 is 0 Å². The molecule has 0 unspecified atom stereocenters. The first kappa shape index (κ1) is 16.0. The van der Waals surface area contributed by atoms with Crippen LogP contribution in [0.1, 0.15) is 12.8 Å². The van der Waals surface area contributed by atoms with Gasteiger partial charge in [-0.15, -0.1) is 12.4 Å². The Kier molecular flexibility index (Phi) is 6.84. The number of carbonyl (C=O) groups excluding carboxylic acids is 1. The van der Waals surface area contributed by atoms with Crippen LogP contribution in [0.2, 0.25) is 0 Å². The van der Waals surface area contributed by atoms with Gasteiger partial charge in [0.15, 0.2) is 0 Å². The Labute approximate surface area is 121 Å². The van der Waals surface area contributed by atoms with Gasteiger partial charge in [0.2, 0.25) is 5.91 Å². The molecule has 1 amide bonds. The van der Waals surface area contributed by atoms with Gasteiger partial charge in [-0.25, -0.2) is 0 Å². The maximum atomic E-state index is 11.9. The van der Waals surface area contributed by atoms with Gasteiger partial charge < -0.3 is 10.6 Å². The lowest BCUT2D eigenvalue weighted by Gasteiger charge is -2.31. The molecule has 19 heavy (non-hydrogen) atoms. The van der Waals surface area contributed by atoms with Crippen molar-refractivity contribution < 1.29 is 4.79 Å². The summed E-state index contributed by atoms with van der Waals surface area (Å²) in [4.78, 5) is 14.0. The van der Waals surface area contributed by atoms with Crippen molar-refractivity contribution in [3.63, 3.8) is 0 Å². The first-order chi connectivity index (χ1) is 8.75. The van der Waals surface area contributed by atoms with Crippen LogP contribution < -0.4 is 10.6 Å². The smallest absolute Gasteiger partial charge is 0.238 e. The van der Waals surface area contributed by atoms with Crippen molar-refractivity contribution in [3.05, 3.63) is 30.3 Å². The summed E-state index contributed by atoms with van der Waals surface area (Å²) in [6, 6.07) is 10.1. The highest BCUT2D eigenvalue weighted by atomic mass is 35.5. The van der Waals surface area contributed by atoms with Crippen LogP contribution in [0.25, 0.3) is 0 Å². The first-order valence-corrected chi connectivity index (χ1v) is 6.51. The molecule has 0 saturated carbocycles. The van der Waals surface area contributed by atoms with Crippen LogP contribution in [-0.4, -0.2) is 43.5 Å². The molecule has 2 N–H and O–H groups in total. The zero-order valence-electron chi connectivity index (χ0n) is 11.3. The minimum atomic E-state index is 0. The van der Waals surface area contributed by atoms with E-state index in [1.54, 1.807) is 0 Å². The summed E-state index contributed by atoms with van der Waals surface area (Å²) >= 11 is 0. The van der Waals surface area contributed by atoms with E-state index in [4.69, 9.17) is 0 Å². The van der Waals surface area contributed by atoms with Gasteiger partial charge >= 0.3 is 0 Å². The van der Waals surface area contributed by atoms with Crippen LogP contribution in [0.4, 0.5) is 5.69 Å². The third kappa shape index (κ3) is 5.19. The van der Waals surface area contributed by atoms with Gasteiger partial charge in [-0.1, -0.05) is 18.2 Å². The molecule has 1 aliphatic rings. The Morgan fingerprint density at radius 2 is 1.95 bits per heavy atom. The molecule has 1 heterocycles. The van der Waals surface area contributed by atoms with Crippen LogP contribution >= 0.6 is 12.4 Å². The lowest BCUT2D eigenvalue weighted by atomic mass is 10.1. The molecule has 0 radical (unpaired) electrons. The summed E-state index contributed by atoms with van der Waals surface area (Å²) in [6.45, 7) is 2.56. The van der Waals surface area contributed by atoms with Crippen molar-refractivity contribution in [2.45, 2.75) is 18.9 Å². The number of likely N-dealkylation sites (N-methyl/N-ethyl adjacent to an activating group) is 1. The third-order valence-corrected chi connectivity index (χ3v) is 3.38. The SMILES string of the molecule is CN(CC(=O)Nc1ccccc1)C1CCNCC1.Cl. The van der Waals surface area contributed by atoms with E-state index < -0.39 is 0 Å². The fourth-order valence-corrected chi connectivity index (χ4v) is 2.33. The van der Waals surface area contributed by atoms with E-state index in [9.17, 15) is 4.79 Å². The topological polar surface area (TPSA) is 44.4 Å². The molecule has 0 bridgehead atoms. The monoisotopic (exact) mass is 283 g/mol. The normalized spacial score (nSPS) is 15.9. The number of hydrogen-bond donors (Lipinski definition) is 2. The molecular formula is C14H22ClN3O. The number of halogens is 1. The standard InChI is InChI=1S/C14H21N3O.ClH/c1-17(13-7-9-15-10-8-13)11-14(18)16-12-5-3-2-4-6-12;/h2-6,13,15H,7-11H2,1H3,(H,16,18);1H. The molecular weight excluding hydrogens is 262 g/mol. The minimum absolute atomic E-state index is 0. The van der Waals surface area contributed by atoms with Crippen LogP contribution in [-0.2, 0) is 4.79 Å². The molecule has 1 aromatic rings. The number of anilines is 1. The Bertz CT molecular complexity index is 380. The molecule has 106 valence electrons. The van der Waals surface area contributed by atoms with Crippen LogP contribution in [0, 0.1) is 0 Å². The van der Waals surface area contributed by atoms with Crippen molar-refractivity contribution in [3.8, 4) is 0 Å². The van der Waals surface area contributed by atoms with Gasteiger partial charge in [-0.2, -0.15) is 0 Å². The molecule has 1 fully saturated rings. The van der Waals surface area contributed by atoms with Crippen molar-refractivity contribution in [1.29, 1.82) is 0 Å². The van der Waals surface area contributed by atoms with Crippen molar-refractivity contribution in [2.75, 3.05) is 32.0 Å². The molecule has 1 aliphatic heterocycles. The predicted octanol–water partition coefficient (Wildman–Crippen LogP) is 1.73. The van der Waals surface area contributed by atoms with Gasteiger partial charge in [-0.3, -0.25) is 9.69 Å². The molecule has 0 aromatic heterocycles. The Morgan fingerprint density at radius 1 is 1.32 bits per heavy atom. The predicted molar refractivity (Wildman–Crippen MR) is 80.8 cm³/mol. The van der Waals surface area contributed by atoms with Crippen molar-refractivity contribution in [1.82, 2.24) is 10.2 Å². The maximum Gasteiger partial charge on any atom is 0.238 e. The summed E-state index contributed by atoms with van der Waals surface area (Å²) < 4.78 is 0. The summed E-state index contributed by atoms with van der Waals surface area (Å²) in [5.74, 6) is 0.0576. The molecule has 5 heteroatoms. The van der Waals surface area contributed by atoms with E-state index in [0.29, 0.717) is 12.6 Å². The molecule has 4 nitrogen and oxygen atoms in total. The van der Waals surface area contributed by atoms with Gasteiger partial charge in [-0.05, 0) is 45.1 Å². The van der Waals surface area contributed by atoms with E-state index in [0.717, 1.165) is 31.6 Å². The van der Waals surface area contributed by atoms with Crippen molar-refractivity contribution >= 4 is 24.0 Å². The van der Waals surface area contributed by atoms with Gasteiger partial charge in [0.1, 0.15) is 0 Å². The van der Waals surface area contributed by atoms with E-state index in [2.05, 4.69) is 15.5 Å². The number of para-hydroxylation sites is 1. The highest BCUT2D eigenvalue weighted by Crippen LogP contribution is 2.10. The fourth-order valence-electron chi connectivity index (χ4n) is 2.33. The number of nitrogens with one attached hydrogen (secondary N) is 2. The maximum absolute atomic E-state index is 11.9. The highest BCUT2D eigenvalue weighted by molar-refractivity contribution is 5.92. The molecule has 1 saturated heterocycles. The van der Waals surface area contributed by atoms with Gasteiger partial charge in [0.25, 0.3) is 0 Å². The molecule has 1 aromatic carbocycles. The summed E-state index contributed by atoms with van der Waals surface area (Å²) in [6.07, 6.45) is 2.24. The fraction of sp³-hybridized carbons (Fsp3) is 0.500. The van der Waals surface area contributed by atoms with Crippen LogP contribution in [0.5, 0.6) is 0 Å². The summed E-state index contributed by atoms with van der Waals surface area (Å²) in [5.41, 5.74) is 0.862. The van der Waals surface area contributed by atoms with E-state index in [-0.39, 0.29) is 18.3 Å². The second kappa shape index (κ2) is 8.15. The zero-order chi connectivity index (χ0) is 12.8. The number of benzene rings is 1. The molecule has 0 spiro atoms. The average molecular weight is 284 g/mol. The van der Waals surface area contributed by atoms with Gasteiger partial charge in [0.05, 0.1) is 6.54 Å². The number of carbonyl (C=O) groups is 1.